The van der Waals surface area contributed by atoms with Crippen LogP contribution in [0.25, 0.3) is 0 Å². The van der Waals surface area contributed by atoms with Gasteiger partial charge in [-0.25, -0.2) is 9.59 Å². The van der Waals surface area contributed by atoms with E-state index in [2.05, 4.69) is 16.6 Å². The summed E-state index contributed by atoms with van der Waals surface area (Å²) in [6.45, 7) is 4.87. The third-order valence-electron chi connectivity index (χ3n) is 1.14. The van der Waals surface area contributed by atoms with Crippen LogP contribution in [0.3, 0.4) is 0 Å². The van der Waals surface area contributed by atoms with Crippen LogP contribution in [-0.4, -0.2) is 31.8 Å². The average molecular weight is 187 g/mol. The van der Waals surface area contributed by atoms with Crippen LogP contribution >= 0.6 is 0 Å². The third-order valence-corrected chi connectivity index (χ3v) is 1.14. The molecule has 0 fully saturated rings. The van der Waals surface area contributed by atoms with E-state index < -0.39 is 18.2 Å². The molecule has 1 atom stereocenters. The molecular formula is C8H13NO4. The number of ether oxygens (including phenoxy) is 2. The van der Waals surface area contributed by atoms with Gasteiger partial charge >= 0.3 is 12.1 Å². The zero-order valence-electron chi connectivity index (χ0n) is 7.70. The molecule has 0 saturated carbocycles. The quantitative estimate of drug-likeness (QED) is 0.513. The molecule has 0 bridgehead atoms. The normalized spacial score (nSPS) is 11.2. The molecule has 0 aliphatic rings. The van der Waals surface area contributed by atoms with E-state index in [1.54, 1.807) is 6.92 Å². The summed E-state index contributed by atoms with van der Waals surface area (Å²) in [5, 5.41) is 2.27. The van der Waals surface area contributed by atoms with Gasteiger partial charge in [0, 0.05) is 13.1 Å². The predicted molar refractivity (Wildman–Crippen MR) is 46.2 cm³/mol. The molecule has 0 radical (unpaired) electrons. The highest BCUT2D eigenvalue weighted by atomic mass is 16.6. The fraction of sp³-hybridized carbons (Fsp3) is 0.500. The van der Waals surface area contributed by atoms with Crippen molar-refractivity contribution >= 4 is 12.1 Å². The molecule has 0 rings (SSSR count). The molecule has 0 aromatic rings. The Balaban J connectivity index is 3.62. The number of alkyl carbamates (subject to hydrolysis) is 1. The number of esters is 1. The number of hydrogen-bond acceptors (Lipinski definition) is 4. The fourth-order valence-electron chi connectivity index (χ4n) is 0.546. The molecule has 0 aromatic carbocycles. The van der Waals surface area contributed by atoms with Crippen molar-refractivity contribution in [2.75, 3.05) is 13.7 Å². The van der Waals surface area contributed by atoms with Gasteiger partial charge in [0.15, 0.2) is 0 Å². The second-order valence-corrected chi connectivity index (χ2v) is 2.30. The van der Waals surface area contributed by atoms with Crippen molar-refractivity contribution in [3.8, 4) is 0 Å². The fourth-order valence-corrected chi connectivity index (χ4v) is 0.546. The topological polar surface area (TPSA) is 64.6 Å². The molecule has 0 spiro atoms. The maximum Gasteiger partial charge on any atom is 0.406 e. The average Bonchev–Trinajstić information content (AvgIpc) is 2.13. The van der Waals surface area contributed by atoms with Crippen molar-refractivity contribution < 1.29 is 19.1 Å². The summed E-state index contributed by atoms with van der Waals surface area (Å²) in [6, 6.07) is 0. The van der Waals surface area contributed by atoms with Gasteiger partial charge in [-0.15, -0.1) is 0 Å². The van der Waals surface area contributed by atoms with Crippen molar-refractivity contribution in [2.24, 2.45) is 0 Å². The summed E-state index contributed by atoms with van der Waals surface area (Å²) < 4.78 is 9.37. The van der Waals surface area contributed by atoms with Gasteiger partial charge in [-0.05, 0) is 6.92 Å². The Kier molecular flexibility index (Phi) is 5.34. The van der Waals surface area contributed by atoms with Gasteiger partial charge in [0.05, 0.1) is 0 Å². The van der Waals surface area contributed by atoms with Crippen molar-refractivity contribution in [1.82, 2.24) is 5.32 Å². The number of rotatable bonds is 4. The lowest BCUT2D eigenvalue weighted by Gasteiger charge is -2.11. The number of carbonyl (C=O) groups is 2. The lowest BCUT2D eigenvalue weighted by molar-refractivity contribution is -0.143. The maximum atomic E-state index is 10.6. The highest BCUT2D eigenvalue weighted by molar-refractivity contribution is 5.81. The number of amides is 1. The van der Waals surface area contributed by atoms with Crippen LogP contribution in [0.5, 0.6) is 0 Å². The Morgan fingerprint density at radius 3 is 2.69 bits per heavy atom. The summed E-state index contributed by atoms with van der Waals surface area (Å²) in [5.74, 6) is -0.534. The third kappa shape index (κ3) is 5.72. The highest BCUT2D eigenvalue weighted by Crippen LogP contribution is 1.93. The second kappa shape index (κ2) is 6.05. The van der Waals surface area contributed by atoms with E-state index in [0.29, 0.717) is 0 Å². The Hall–Kier alpha value is -1.52. The molecule has 74 valence electrons. The van der Waals surface area contributed by atoms with E-state index in [9.17, 15) is 9.59 Å². The summed E-state index contributed by atoms with van der Waals surface area (Å²) in [7, 11) is 1.45. The van der Waals surface area contributed by atoms with Crippen molar-refractivity contribution in [3.05, 3.63) is 12.7 Å². The van der Waals surface area contributed by atoms with Crippen molar-refractivity contribution in [1.29, 1.82) is 0 Å². The van der Waals surface area contributed by atoms with E-state index in [-0.39, 0.29) is 6.61 Å². The molecule has 1 unspecified atom stereocenters. The van der Waals surface area contributed by atoms with Gasteiger partial charge in [0.25, 0.3) is 0 Å². The smallest absolute Gasteiger partial charge is 0.406 e. The molecule has 5 nitrogen and oxygen atoms in total. The Bertz CT molecular complexity index is 202. The first-order valence-corrected chi connectivity index (χ1v) is 3.77. The van der Waals surface area contributed by atoms with E-state index in [1.807, 2.05) is 0 Å². The number of nitrogens with one attached hydrogen (secondary N) is 1. The molecular weight excluding hydrogens is 174 g/mol. The summed E-state index contributed by atoms with van der Waals surface area (Å²) >= 11 is 0. The van der Waals surface area contributed by atoms with Crippen LogP contribution in [0.15, 0.2) is 12.7 Å². The van der Waals surface area contributed by atoms with Crippen molar-refractivity contribution in [2.45, 2.75) is 13.0 Å². The van der Waals surface area contributed by atoms with Gasteiger partial charge in [-0.2, -0.15) is 0 Å². The maximum absolute atomic E-state index is 10.6. The number of hydrogen-bond donors (Lipinski definition) is 1. The molecule has 0 heterocycles. The molecule has 1 N–H and O–H groups in total. The first-order chi connectivity index (χ1) is 6.10. The standard InChI is InChI=1S/C8H13NO4/c1-4-7(10)13-6(2)5-12-8(11)9-3/h4,6H,1,5H2,2-3H3,(H,9,11). The molecule has 0 aromatic heterocycles. The van der Waals surface area contributed by atoms with Gasteiger partial charge in [-0.3, -0.25) is 0 Å². The van der Waals surface area contributed by atoms with Crippen LogP contribution in [0.4, 0.5) is 4.79 Å². The monoisotopic (exact) mass is 187 g/mol. The molecule has 0 saturated heterocycles. The van der Waals surface area contributed by atoms with E-state index in [4.69, 9.17) is 4.74 Å². The molecule has 13 heavy (non-hydrogen) atoms. The Morgan fingerprint density at radius 1 is 1.62 bits per heavy atom. The van der Waals surface area contributed by atoms with Crippen LogP contribution in [0.2, 0.25) is 0 Å². The summed E-state index contributed by atoms with van der Waals surface area (Å²) in [5.41, 5.74) is 0. The Labute approximate surface area is 76.7 Å². The van der Waals surface area contributed by atoms with Crippen LogP contribution < -0.4 is 5.32 Å². The Morgan fingerprint density at radius 2 is 2.23 bits per heavy atom. The van der Waals surface area contributed by atoms with Crippen LogP contribution in [0, 0.1) is 0 Å². The second-order valence-electron chi connectivity index (χ2n) is 2.30. The minimum atomic E-state index is -0.554. The molecule has 0 aliphatic carbocycles. The minimum Gasteiger partial charge on any atom is -0.456 e. The summed E-state index contributed by atoms with van der Waals surface area (Å²) in [6.07, 6.45) is 0.0282. The summed E-state index contributed by atoms with van der Waals surface area (Å²) in [4.78, 5) is 21.2. The first kappa shape index (κ1) is 11.5. The molecule has 5 heteroatoms. The van der Waals surface area contributed by atoms with Crippen molar-refractivity contribution in [3.63, 3.8) is 0 Å². The minimum absolute atomic E-state index is 0.0270. The van der Waals surface area contributed by atoms with E-state index in [0.717, 1.165) is 6.08 Å². The van der Waals surface area contributed by atoms with Crippen LogP contribution in [-0.2, 0) is 14.3 Å². The SMILES string of the molecule is C=CC(=O)OC(C)COC(=O)NC. The zero-order chi connectivity index (χ0) is 10.3. The zero-order valence-corrected chi connectivity index (χ0v) is 7.70. The lowest BCUT2D eigenvalue weighted by atomic mass is 10.4. The number of carbonyl (C=O) groups excluding carboxylic acids is 2. The predicted octanol–water partition coefficient (Wildman–Crippen LogP) is 0.460. The van der Waals surface area contributed by atoms with Gasteiger partial charge in [-0.1, -0.05) is 6.58 Å². The highest BCUT2D eigenvalue weighted by Gasteiger charge is 2.08. The van der Waals surface area contributed by atoms with Gasteiger partial charge < -0.3 is 14.8 Å². The first-order valence-electron chi connectivity index (χ1n) is 3.77. The van der Waals surface area contributed by atoms with E-state index >= 15 is 0 Å². The van der Waals surface area contributed by atoms with Gasteiger partial charge in [0.1, 0.15) is 12.7 Å². The lowest BCUT2D eigenvalue weighted by Crippen LogP contribution is -2.26. The van der Waals surface area contributed by atoms with E-state index in [1.165, 1.54) is 7.05 Å². The molecule has 0 aliphatic heterocycles. The van der Waals surface area contributed by atoms with Gasteiger partial charge in [0.2, 0.25) is 0 Å². The molecule has 1 amide bonds. The van der Waals surface area contributed by atoms with Crippen LogP contribution in [0.1, 0.15) is 6.92 Å². The largest absolute Gasteiger partial charge is 0.456 e.